The summed E-state index contributed by atoms with van der Waals surface area (Å²) in [6.45, 7) is 0. The van der Waals surface area contributed by atoms with Crippen LogP contribution in [0, 0.1) is 0 Å². The topological polar surface area (TPSA) is 57.5 Å². The van der Waals surface area contributed by atoms with Crippen LogP contribution < -0.4 is 0 Å². The second-order valence-corrected chi connectivity index (χ2v) is 5.72. The minimum atomic E-state index is -2.38. The molecule has 0 aliphatic heterocycles. The van der Waals surface area contributed by atoms with Crippen molar-refractivity contribution in [3.8, 4) is 0 Å². The number of oxime groups is 1. The van der Waals surface area contributed by atoms with E-state index in [1.165, 1.54) is 19.5 Å². The van der Waals surface area contributed by atoms with E-state index >= 15 is 0 Å². The number of hydrogen-bond donors (Lipinski definition) is 0. The first-order chi connectivity index (χ1) is 8.54. The molecule has 4 nitrogen and oxygen atoms in total. The van der Waals surface area contributed by atoms with Crippen molar-refractivity contribution >= 4 is 28.7 Å². The molecule has 0 bridgehead atoms. The zero-order valence-electron chi connectivity index (χ0n) is 9.23. The van der Waals surface area contributed by atoms with Crippen LogP contribution in [0.1, 0.15) is 11.3 Å². The van der Waals surface area contributed by atoms with Crippen LogP contribution in [0.3, 0.4) is 0 Å². The standard InChI is InChI=1S/C9H9F3N2O2S2/c1-16-14-5-6-4-13-9(17-6)18(15)3-2-7(10)8(11)12/h4-5H,2-3H2,1H3/b14-5-. The highest BCUT2D eigenvalue weighted by atomic mass is 32.2. The minimum absolute atomic E-state index is 0.236. The summed E-state index contributed by atoms with van der Waals surface area (Å²) in [6, 6.07) is 0. The molecule has 1 aromatic heterocycles. The quantitative estimate of drug-likeness (QED) is 0.461. The van der Waals surface area contributed by atoms with Crippen molar-refractivity contribution in [2.45, 2.75) is 10.8 Å². The Labute approximate surface area is 108 Å². The third-order valence-electron chi connectivity index (χ3n) is 1.69. The molecule has 0 N–H and O–H groups in total. The summed E-state index contributed by atoms with van der Waals surface area (Å²) in [5, 5.41) is 3.49. The van der Waals surface area contributed by atoms with Gasteiger partial charge in [-0.2, -0.15) is 13.8 Å². The summed E-state index contributed by atoms with van der Waals surface area (Å²) in [7, 11) is 1.37. The molecule has 1 heterocycles. The SMILES string of the molecule is CO/N=C\c1cnc([S+]([O-])CCC(F)=C(F)F)s1. The lowest BCUT2D eigenvalue weighted by atomic mass is 10.4. The molecular weight excluding hydrogens is 289 g/mol. The van der Waals surface area contributed by atoms with Gasteiger partial charge in [-0.3, -0.25) is 0 Å². The van der Waals surface area contributed by atoms with Gasteiger partial charge in [0.05, 0.1) is 23.7 Å². The number of thiazole rings is 1. The molecule has 1 atom stereocenters. The molecule has 100 valence electrons. The molecule has 0 aliphatic rings. The molecule has 0 aromatic carbocycles. The minimum Gasteiger partial charge on any atom is -0.610 e. The molecule has 9 heteroatoms. The molecule has 0 amide bonds. The first-order valence-electron chi connectivity index (χ1n) is 4.65. The van der Waals surface area contributed by atoms with E-state index in [0.29, 0.717) is 4.88 Å². The Hall–Kier alpha value is -1.06. The van der Waals surface area contributed by atoms with Crippen LogP contribution in [-0.2, 0) is 16.0 Å². The smallest absolute Gasteiger partial charge is 0.302 e. The van der Waals surface area contributed by atoms with Crippen LogP contribution in [-0.4, -0.2) is 28.6 Å². The van der Waals surface area contributed by atoms with E-state index in [1.54, 1.807) is 0 Å². The van der Waals surface area contributed by atoms with Crippen molar-refractivity contribution in [3.63, 3.8) is 0 Å². The van der Waals surface area contributed by atoms with Crippen molar-refractivity contribution < 1.29 is 22.6 Å². The van der Waals surface area contributed by atoms with E-state index in [-0.39, 0.29) is 10.1 Å². The second-order valence-electron chi connectivity index (χ2n) is 2.91. The Morgan fingerprint density at radius 3 is 2.94 bits per heavy atom. The Morgan fingerprint density at radius 2 is 2.33 bits per heavy atom. The summed E-state index contributed by atoms with van der Waals surface area (Å²) in [4.78, 5) is 8.90. The fourth-order valence-electron chi connectivity index (χ4n) is 0.904. The van der Waals surface area contributed by atoms with Gasteiger partial charge in [0.25, 0.3) is 0 Å². The van der Waals surface area contributed by atoms with Crippen LogP contribution in [0.4, 0.5) is 13.2 Å². The van der Waals surface area contributed by atoms with Gasteiger partial charge >= 0.3 is 10.4 Å². The zero-order chi connectivity index (χ0) is 13.5. The highest BCUT2D eigenvalue weighted by molar-refractivity contribution is 7.93. The Kier molecular flexibility index (Phi) is 6.16. The van der Waals surface area contributed by atoms with Gasteiger partial charge in [-0.25, -0.2) is 4.39 Å². The van der Waals surface area contributed by atoms with E-state index in [1.807, 2.05) is 0 Å². The predicted molar refractivity (Wildman–Crippen MR) is 63.0 cm³/mol. The van der Waals surface area contributed by atoms with Gasteiger partial charge in [0.1, 0.15) is 12.9 Å². The molecule has 18 heavy (non-hydrogen) atoms. The molecule has 0 aliphatic carbocycles. The molecule has 1 aromatic rings. The van der Waals surface area contributed by atoms with Crippen molar-refractivity contribution in [3.05, 3.63) is 23.0 Å². The van der Waals surface area contributed by atoms with Gasteiger partial charge in [0.2, 0.25) is 0 Å². The predicted octanol–water partition coefficient (Wildman–Crippen LogP) is 2.70. The monoisotopic (exact) mass is 298 g/mol. The van der Waals surface area contributed by atoms with Gasteiger partial charge in [0, 0.05) is 11.2 Å². The third kappa shape index (κ3) is 4.67. The number of nitrogens with zero attached hydrogens (tertiary/aromatic N) is 2. The van der Waals surface area contributed by atoms with Crippen LogP contribution in [0.15, 0.2) is 27.6 Å². The Bertz CT molecular complexity index is 447. The summed E-state index contributed by atoms with van der Waals surface area (Å²) in [6.07, 6.45) is -0.155. The van der Waals surface area contributed by atoms with Gasteiger partial charge < -0.3 is 9.39 Å². The maximum Gasteiger partial charge on any atom is 0.302 e. The van der Waals surface area contributed by atoms with Gasteiger partial charge in [-0.1, -0.05) is 16.5 Å². The third-order valence-corrected chi connectivity index (χ3v) is 4.30. The second kappa shape index (κ2) is 7.39. The number of aromatic nitrogens is 1. The molecule has 1 unspecified atom stereocenters. The number of hydrogen-bond acceptors (Lipinski definition) is 5. The average molecular weight is 298 g/mol. The van der Waals surface area contributed by atoms with Crippen LogP contribution in [0.5, 0.6) is 0 Å². The van der Waals surface area contributed by atoms with Crippen molar-refractivity contribution in [1.82, 2.24) is 4.98 Å². The Balaban J connectivity index is 2.57. The van der Waals surface area contributed by atoms with Gasteiger partial charge in [0.15, 0.2) is 5.83 Å². The van der Waals surface area contributed by atoms with Crippen LogP contribution in [0.25, 0.3) is 0 Å². The molecule has 0 saturated carbocycles. The number of halogens is 3. The van der Waals surface area contributed by atoms with E-state index in [0.717, 1.165) is 11.3 Å². The maximum absolute atomic E-state index is 12.5. The normalized spacial score (nSPS) is 12.7. The first-order valence-corrected chi connectivity index (χ1v) is 6.78. The van der Waals surface area contributed by atoms with E-state index in [4.69, 9.17) is 0 Å². The number of allylic oxidation sites excluding steroid dienone is 1. The van der Waals surface area contributed by atoms with E-state index in [9.17, 15) is 17.7 Å². The van der Waals surface area contributed by atoms with Gasteiger partial charge in [-0.05, 0) is 0 Å². The summed E-state index contributed by atoms with van der Waals surface area (Å²) in [5.41, 5.74) is 0. The zero-order valence-corrected chi connectivity index (χ0v) is 10.9. The lowest BCUT2D eigenvalue weighted by Crippen LogP contribution is -2.06. The summed E-state index contributed by atoms with van der Waals surface area (Å²) in [5.74, 6) is -1.78. The molecule has 0 fully saturated rings. The number of rotatable bonds is 6. The highest BCUT2D eigenvalue weighted by Crippen LogP contribution is 2.21. The maximum atomic E-state index is 12.5. The van der Waals surface area contributed by atoms with Crippen molar-refractivity contribution in [2.24, 2.45) is 5.16 Å². The van der Waals surface area contributed by atoms with Gasteiger partial charge in [-0.15, -0.1) is 0 Å². The van der Waals surface area contributed by atoms with Crippen LogP contribution >= 0.6 is 11.3 Å². The van der Waals surface area contributed by atoms with Crippen molar-refractivity contribution in [1.29, 1.82) is 0 Å². The first kappa shape index (κ1) is 15.0. The largest absolute Gasteiger partial charge is 0.610 e. The highest BCUT2D eigenvalue weighted by Gasteiger charge is 2.18. The molecule has 0 radical (unpaired) electrons. The molecular formula is C9H9F3N2O2S2. The summed E-state index contributed by atoms with van der Waals surface area (Å²) >= 11 is -0.533. The van der Waals surface area contributed by atoms with Crippen molar-refractivity contribution in [2.75, 3.05) is 12.9 Å². The average Bonchev–Trinajstić information content (AvgIpc) is 2.81. The van der Waals surface area contributed by atoms with E-state index < -0.39 is 29.5 Å². The fourth-order valence-corrected chi connectivity index (χ4v) is 3.03. The fraction of sp³-hybridized carbons (Fsp3) is 0.333. The molecule has 0 spiro atoms. The Morgan fingerprint density at radius 1 is 1.61 bits per heavy atom. The lowest BCUT2D eigenvalue weighted by molar-refractivity contribution is 0.215. The molecule has 0 saturated heterocycles. The summed E-state index contributed by atoms with van der Waals surface area (Å²) < 4.78 is 47.9. The van der Waals surface area contributed by atoms with E-state index in [2.05, 4.69) is 15.0 Å². The molecule has 1 rings (SSSR count). The lowest BCUT2D eigenvalue weighted by Gasteiger charge is -2.04. The van der Waals surface area contributed by atoms with Crippen LogP contribution in [0.2, 0.25) is 0 Å².